The highest BCUT2D eigenvalue weighted by Crippen LogP contribution is 2.38. The molecule has 0 aromatic carbocycles. The molecule has 2 amide bonds. The van der Waals surface area contributed by atoms with Crippen molar-refractivity contribution in [1.29, 1.82) is 0 Å². The number of methoxy groups -OCH3 is 1. The molecule has 0 aromatic heterocycles. The number of likely N-dealkylation sites (tertiary alicyclic amines) is 2. The van der Waals surface area contributed by atoms with Crippen LogP contribution < -0.4 is 0 Å². The Hall–Kier alpha value is -2.37. The van der Waals surface area contributed by atoms with Crippen molar-refractivity contribution in [2.45, 2.75) is 96.1 Å². The minimum absolute atomic E-state index is 0.0195. The number of piperidine rings is 1. The third-order valence-electron chi connectivity index (χ3n) is 8.20. The average molecular weight is 469 g/mol. The highest BCUT2D eigenvalue weighted by atomic mass is 16.5. The minimum atomic E-state index is -0.384. The lowest BCUT2D eigenvalue weighted by atomic mass is 9.80. The molecule has 4 rings (SSSR count). The number of hydrogen-bond donors (Lipinski definition) is 0. The quantitative estimate of drug-likeness (QED) is 0.508. The Labute approximate surface area is 204 Å². The first-order valence-electron chi connectivity index (χ1n) is 13.2. The number of carbonyl (C=O) groups is 3. The molecule has 2 heterocycles. The van der Waals surface area contributed by atoms with E-state index in [1.54, 1.807) is 12.0 Å². The van der Waals surface area contributed by atoms with Gasteiger partial charge in [0.1, 0.15) is 18.1 Å². The number of nitrogens with zero attached hydrogens (tertiary/aromatic N) is 2. The third kappa shape index (κ3) is 5.47. The Morgan fingerprint density at radius 2 is 1.94 bits per heavy atom. The molecular weight excluding hydrogens is 428 g/mol. The first-order valence-corrected chi connectivity index (χ1v) is 13.2. The van der Waals surface area contributed by atoms with Crippen molar-refractivity contribution >= 4 is 18.1 Å². The van der Waals surface area contributed by atoms with Gasteiger partial charge in [-0.3, -0.25) is 9.59 Å². The first-order chi connectivity index (χ1) is 16.5. The van der Waals surface area contributed by atoms with Gasteiger partial charge in [-0.25, -0.2) is 0 Å². The van der Waals surface area contributed by atoms with Gasteiger partial charge in [0.05, 0.1) is 13.2 Å². The van der Waals surface area contributed by atoms with Crippen LogP contribution in [0.1, 0.15) is 84.0 Å². The molecule has 2 unspecified atom stereocenters. The second-order valence-electron chi connectivity index (χ2n) is 10.4. The van der Waals surface area contributed by atoms with E-state index in [-0.39, 0.29) is 23.9 Å². The summed E-state index contributed by atoms with van der Waals surface area (Å²) in [5.41, 5.74) is 4.18. The maximum Gasteiger partial charge on any atom is 0.245 e. The van der Waals surface area contributed by atoms with Gasteiger partial charge in [-0.1, -0.05) is 11.6 Å². The van der Waals surface area contributed by atoms with Gasteiger partial charge in [0.15, 0.2) is 0 Å². The van der Waals surface area contributed by atoms with Gasteiger partial charge >= 0.3 is 0 Å². The maximum atomic E-state index is 13.2. The Morgan fingerprint density at radius 1 is 1.12 bits per heavy atom. The van der Waals surface area contributed by atoms with Crippen LogP contribution in [0.25, 0.3) is 0 Å². The zero-order valence-electron chi connectivity index (χ0n) is 20.9. The van der Waals surface area contributed by atoms with Crippen molar-refractivity contribution in [3.05, 3.63) is 34.6 Å². The molecule has 0 saturated carbocycles. The van der Waals surface area contributed by atoms with Gasteiger partial charge in [0.25, 0.3) is 0 Å². The number of rotatable bonds is 7. The van der Waals surface area contributed by atoms with Crippen molar-refractivity contribution < 1.29 is 19.1 Å². The van der Waals surface area contributed by atoms with E-state index in [0.29, 0.717) is 25.4 Å². The SMILES string of the molecule is COC1=CCC2=C(C=C1C)CC(CCCC(=O)N1CCCCC1C(=O)N1CCC[C@H]1C=O)CC2. The third-order valence-corrected chi connectivity index (χ3v) is 8.20. The standard InChI is InChI=1S/C28H40N2O4/c1-20-17-23-18-21(11-12-22(23)13-14-26(20)34-2)7-5-10-27(32)30-15-4-3-9-25(30)28(33)29-16-6-8-24(29)19-31/h14,17,19,21,24-25H,3-13,15-16,18H2,1-2H3/t21?,24-,25?/m0/s1. The summed E-state index contributed by atoms with van der Waals surface area (Å²) in [6, 6.07) is -0.695. The molecule has 4 aliphatic rings. The summed E-state index contributed by atoms with van der Waals surface area (Å²) in [6.07, 6.45) is 16.4. The van der Waals surface area contributed by atoms with Crippen molar-refractivity contribution in [3.8, 4) is 0 Å². The van der Waals surface area contributed by atoms with Crippen molar-refractivity contribution in [3.63, 3.8) is 0 Å². The monoisotopic (exact) mass is 468 g/mol. The molecule has 2 aliphatic heterocycles. The van der Waals surface area contributed by atoms with Gasteiger partial charge in [0, 0.05) is 19.5 Å². The van der Waals surface area contributed by atoms with Crippen LogP contribution in [0.15, 0.2) is 34.6 Å². The molecule has 0 spiro atoms. The molecule has 0 radical (unpaired) electrons. The molecule has 3 atom stereocenters. The predicted molar refractivity (Wildman–Crippen MR) is 132 cm³/mol. The van der Waals surface area contributed by atoms with E-state index in [9.17, 15) is 14.4 Å². The number of allylic oxidation sites excluding steroid dienone is 5. The van der Waals surface area contributed by atoms with Gasteiger partial charge in [-0.2, -0.15) is 0 Å². The Bertz CT molecular complexity index is 887. The van der Waals surface area contributed by atoms with E-state index in [1.165, 1.54) is 23.1 Å². The fourth-order valence-corrected chi connectivity index (χ4v) is 6.26. The van der Waals surface area contributed by atoms with E-state index in [1.807, 2.05) is 4.90 Å². The highest BCUT2D eigenvalue weighted by molar-refractivity contribution is 5.89. The second-order valence-corrected chi connectivity index (χ2v) is 10.4. The molecule has 0 N–H and O–H groups in total. The summed E-state index contributed by atoms with van der Waals surface area (Å²) < 4.78 is 5.52. The summed E-state index contributed by atoms with van der Waals surface area (Å²) in [5.74, 6) is 1.68. The zero-order chi connectivity index (χ0) is 24.1. The molecule has 34 heavy (non-hydrogen) atoms. The molecule has 0 bridgehead atoms. The summed E-state index contributed by atoms with van der Waals surface area (Å²) in [5, 5.41) is 0. The summed E-state index contributed by atoms with van der Waals surface area (Å²) in [7, 11) is 1.74. The molecule has 2 fully saturated rings. The van der Waals surface area contributed by atoms with E-state index in [2.05, 4.69) is 19.1 Å². The van der Waals surface area contributed by atoms with Crippen LogP contribution in [-0.4, -0.2) is 60.2 Å². The second kappa shape index (κ2) is 11.4. The van der Waals surface area contributed by atoms with Gasteiger partial charge in [-0.05, 0) is 101 Å². The summed E-state index contributed by atoms with van der Waals surface area (Å²) >= 11 is 0. The van der Waals surface area contributed by atoms with Crippen LogP contribution in [0.5, 0.6) is 0 Å². The summed E-state index contributed by atoms with van der Waals surface area (Å²) in [4.78, 5) is 41.3. The largest absolute Gasteiger partial charge is 0.497 e. The van der Waals surface area contributed by atoms with Gasteiger partial charge in [-0.15, -0.1) is 0 Å². The van der Waals surface area contributed by atoms with Crippen LogP contribution >= 0.6 is 0 Å². The Balaban J connectivity index is 1.29. The fourth-order valence-electron chi connectivity index (χ4n) is 6.26. The van der Waals surface area contributed by atoms with E-state index < -0.39 is 0 Å². The Morgan fingerprint density at radius 3 is 2.74 bits per heavy atom. The van der Waals surface area contributed by atoms with Gasteiger partial charge in [0.2, 0.25) is 11.8 Å². The lowest BCUT2D eigenvalue weighted by molar-refractivity contribution is -0.148. The highest BCUT2D eigenvalue weighted by Gasteiger charge is 2.38. The molecule has 2 aliphatic carbocycles. The van der Waals surface area contributed by atoms with Gasteiger partial charge < -0.3 is 19.3 Å². The number of amides is 2. The van der Waals surface area contributed by atoms with E-state index >= 15 is 0 Å². The van der Waals surface area contributed by atoms with Crippen molar-refractivity contribution in [2.75, 3.05) is 20.2 Å². The average Bonchev–Trinajstić information content (AvgIpc) is 3.27. The Kier molecular flexibility index (Phi) is 8.28. The van der Waals surface area contributed by atoms with Crippen LogP contribution in [0.3, 0.4) is 0 Å². The van der Waals surface area contributed by atoms with Crippen LogP contribution in [0.4, 0.5) is 0 Å². The van der Waals surface area contributed by atoms with E-state index in [4.69, 9.17) is 4.74 Å². The molecule has 2 saturated heterocycles. The maximum absolute atomic E-state index is 13.2. The topological polar surface area (TPSA) is 66.9 Å². The lowest BCUT2D eigenvalue weighted by Gasteiger charge is -2.37. The van der Waals surface area contributed by atoms with Crippen LogP contribution in [0.2, 0.25) is 0 Å². The molecule has 6 nitrogen and oxygen atoms in total. The number of ether oxygens (including phenoxy) is 1. The minimum Gasteiger partial charge on any atom is -0.497 e. The molecule has 0 aromatic rings. The number of hydrogen-bond acceptors (Lipinski definition) is 4. The van der Waals surface area contributed by atoms with Crippen molar-refractivity contribution in [2.24, 2.45) is 5.92 Å². The molecule has 6 heteroatoms. The predicted octanol–water partition coefficient (Wildman–Crippen LogP) is 4.70. The molecule has 186 valence electrons. The van der Waals surface area contributed by atoms with Crippen LogP contribution in [0, 0.1) is 5.92 Å². The zero-order valence-corrected chi connectivity index (χ0v) is 20.9. The number of aldehydes is 1. The summed E-state index contributed by atoms with van der Waals surface area (Å²) in [6.45, 7) is 3.41. The fraction of sp³-hybridized carbons (Fsp3) is 0.679. The number of carbonyl (C=O) groups excluding carboxylic acids is 3. The van der Waals surface area contributed by atoms with E-state index in [0.717, 1.165) is 76.3 Å². The van der Waals surface area contributed by atoms with Crippen molar-refractivity contribution in [1.82, 2.24) is 9.80 Å². The first kappa shape index (κ1) is 24.7. The molecular formula is C28H40N2O4. The lowest BCUT2D eigenvalue weighted by Crippen LogP contribution is -2.54. The smallest absolute Gasteiger partial charge is 0.245 e. The van der Waals surface area contributed by atoms with Crippen LogP contribution in [-0.2, 0) is 19.1 Å². The normalized spacial score (nSPS) is 27.5.